The molecule has 0 aliphatic heterocycles. The Hall–Kier alpha value is -0.810. The molecule has 0 saturated carbocycles. The van der Waals surface area contributed by atoms with Crippen LogP contribution in [0.15, 0.2) is 18.2 Å². The molecule has 0 aromatic heterocycles. The van der Waals surface area contributed by atoms with Crippen LogP contribution in [0.25, 0.3) is 0 Å². The monoisotopic (exact) mass is 233 g/mol. The maximum Gasteiger partial charge on any atom is 0.130 e. The molecule has 0 aliphatic carbocycles. The predicted octanol–water partition coefficient (Wildman–Crippen LogP) is 1.56. The molecule has 0 amide bonds. The number of benzene rings is 1. The average Bonchev–Trinajstić information content (AvgIpc) is 2.19. The van der Waals surface area contributed by atoms with E-state index in [1.165, 1.54) is 12.1 Å². The molecule has 0 radical (unpaired) electrons. The Balaban J connectivity index is 2.60. The van der Waals surface area contributed by atoms with Crippen LogP contribution < -0.4 is 5.73 Å². The van der Waals surface area contributed by atoms with Gasteiger partial charge in [-0.15, -0.1) is 0 Å². The normalized spacial score (nSPS) is 12.7. The van der Waals surface area contributed by atoms with Crippen molar-refractivity contribution in [1.82, 2.24) is 0 Å². The maximum atomic E-state index is 13.1. The highest BCUT2D eigenvalue weighted by Gasteiger charge is 2.07. The predicted molar refractivity (Wildman–Crippen MR) is 56.7 cm³/mol. The van der Waals surface area contributed by atoms with Crippen LogP contribution in [-0.4, -0.2) is 16.5 Å². The second kappa shape index (κ2) is 5.92. The summed E-state index contributed by atoms with van der Waals surface area (Å²) in [5.74, 6) is -0.695. The lowest BCUT2D eigenvalue weighted by Gasteiger charge is -2.03. The Bertz CT molecular complexity index is 357. The van der Waals surface area contributed by atoms with Gasteiger partial charge in [0.1, 0.15) is 11.6 Å². The molecule has 1 rings (SSSR count). The Morgan fingerprint density at radius 2 is 2.07 bits per heavy atom. The summed E-state index contributed by atoms with van der Waals surface area (Å²) in [7, 11) is -1.13. The molecule has 1 unspecified atom stereocenters. The van der Waals surface area contributed by atoms with Gasteiger partial charge in [0.2, 0.25) is 0 Å². The molecular weight excluding hydrogens is 220 g/mol. The van der Waals surface area contributed by atoms with Gasteiger partial charge in [-0.1, -0.05) is 6.07 Å². The Labute approximate surface area is 89.9 Å². The van der Waals surface area contributed by atoms with Crippen LogP contribution in [0.4, 0.5) is 8.78 Å². The van der Waals surface area contributed by atoms with Gasteiger partial charge in [-0.05, 0) is 19.0 Å². The summed E-state index contributed by atoms with van der Waals surface area (Å²) in [5.41, 5.74) is 5.55. The highest BCUT2D eigenvalue weighted by molar-refractivity contribution is 7.84. The van der Waals surface area contributed by atoms with E-state index in [-0.39, 0.29) is 11.3 Å². The molecule has 5 heteroatoms. The molecule has 0 saturated heterocycles. The van der Waals surface area contributed by atoms with E-state index in [0.29, 0.717) is 18.7 Å². The minimum absolute atomic E-state index is 0.117. The van der Waals surface area contributed by atoms with E-state index in [4.69, 9.17) is 5.73 Å². The molecule has 0 aliphatic rings. The standard InChI is InChI=1S/C10H13F2NOS/c11-9-3-2-8(10(12)6-9)7-15(14)5-1-4-13/h2-3,6H,1,4-5,7,13H2. The van der Waals surface area contributed by atoms with Gasteiger partial charge in [0, 0.05) is 28.2 Å². The highest BCUT2D eigenvalue weighted by atomic mass is 32.2. The molecular formula is C10H13F2NOS. The highest BCUT2D eigenvalue weighted by Crippen LogP contribution is 2.11. The number of rotatable bonds is 5. The van der Waals surface area contributed by atoms with Crippen molar-refractivity contribution in [2.75, 3.05) is 12.3 Å². The van der Waals surface area contributed by atoms with E-state index in [1.807, 2.05) is 0 Å². The zero-order valence-corrected chi connectivity index (χ0v) is 9.03. The number of hydrogen-bond donors (Lipinski definition) is 1. The Morgan fingerprint density at radius 1 is 1.33 bits per heavy atom. The number of hydrogen-bond acceptors (Lipinski definition) is 2. The van der Waals surface area contributed by atoms with Crippen molar-refractivity contribution in [2.45, 2.75) is 12.2 Å². The smallest absolute Gasteiger partial charge is 0.130 e. The van der Waals surface area contributed by atoms with Gasteiger partial charge < -0.3 is 5.73 Å². The van der Waals surface area contributed by atoms with Crippen molar-refractivity contribution in [1.29, 1.82) is 0 Å². The summed E-state index contributed by atoms with van der Waals surface area (Å²) in [6, 6.07) is 3.29. The molecule has 1 aromatic rings. The van der Waals surface area contributed by atoms with Gasteiger partial charge in [0.25, 0.3) is 0 Å². The van der Waals surface area contributed by atoms with Crippen molar-refractivity contribution in [2.24, 2.45) is 5.73 Å². The number of nitrogens with two attached hydrogens (primary N) is 1. The first-order chi connectivity index (χ1) is 7.13. The van der Waals surface area contributed by atoms with Gasteiger partial charge in [-0.2, -0.15) is 0 Å². The molecule has 0 fully saturated rings. The fourth-order valence-corrected chi connectivity index (χ4v) is 2.34. The average molecular weight is 233 g/mol. The third kappa shape index (κ3) is 4.05. The van der Waals surface area contributed by atoms with Crippen molar-refractivity contribution >= 4 is 10.8 Å². The zero-order chi connectivity index (χ0) is 11.3. The topological polar surface area (TPSA) is 43.1 Å². The minimum Gasteiger partial charge on any atom is -0.330 e. The zero-order valence-electron chi connectivity index (χ0n) is 8.21. The quantitative estimate of drug-likeness (QED) is 0.838. The second-order valence-corrected chi connectivity index (χ2v) is 4.74. The fraction of sp³-hybridized carbons (Fsp3) is 0.400. The van der Waals surface area contributed by atoms with Gasteiger partial charge >= 0.3 is 0 Å². The van der Waals surface area contributed by atoms with E-state index < -0.39 is 22.4 Å². The van der Waals surface area contributed by atoms with Crippen LogP contribution in [-0.2, 0) is 16.6 Å². The van der Waals surface area contributed by atoms with Crippen LogP contribution in [0.1, 0.15) is 12.0 Å². The van der Waals surface area contributed by atoms with Gasteiger partial charge in [0.15, 0.2) is 0 Å². The van der Waals surface area contributed by atoms with Crippen molar-refractivity contribution < 1.29 is 13.0 Å². The van der Waals surface area contributed by atoms with Crippen LogP contribution in [0, 0.1) is 11.6 Å². The molecule has 0 heterocycles. The lowest BCUT2D eigenvalue weighted by atomic mass is 10.2. The van der Waals surface area contributed by atoms with E-state index >= 15 is 0 Å². The molecule has 1 aromatic carbocycles. The van der Waals surface area contributed by atoms with E-state index in [1.54, 1.807) is 0 Å². The van der Waals surface area contributed by atoms with Crippen molar-refractivity contribution in [3.63, 3.8) is 0 Å². The molecule has 0 spiro atoms. The second-order valence-electron chi connectivity index (χ2n) is 3.17. The molecule has 1 atom stereocenters. The molecule has 0 bridgehead atoms. The van der Waals surface area contributed by atoms with Crippen molar-refractivity contribution in [3.05, 3.63) is 35.4 Å². The Kier molecular flexibility index (Phi) is 4.84. The minimum atomic E-state index is -1.13. The molecule has 2 N–H and O–H groups in total. The summed E-state index contributed by atoms with van der Waals surface area (Å²) in [5, 5.41) is 0. The van der Waals surface area contributed by atoms with Crippen molar-refractivity contribution in [3.8, 4) is 0 Å². The maximum absolute atomic E-state index is 13.1. The van der Waals surface area contributed by atoms with Gasteiger partial charge in [0.05, 0.1) is 5.75 Å². The lowest BCUT2D eigenvalue weighted by Crippen LogP contribution is -2.08. The molecule has 15 heavy (non-hydrogen) atoms. The first-order valence-electron chi connectivity index (χ1n) is 4.62. The first kappa shape index (κ1) is 12.3. The Morgan fingerprint density at radius 3 is 2.67 bits per heavy atom. The van der Waals surface area contributed by atoms with Gasteiger partial charge in [-0.3, -0.25) is 4.21 Å². The van der Waals surface area contributed by atoms with E-state index in [2.05, 4.69) is 0 Å². The first-order valence-corrected chi connectivity index (χ1v) is 6.11. The third-order valence-corrected chi connectivity index (χ3v) is 3.28. The SMILES string of the molecule is NCCCS(=O)Cc1ccc(F)cc1F. The molecule has 2 nitrogen and oxygen atoms in total. The van der Waals surface area contributed by atoms with Crippen LogP contribution in [0.5, 0.6) is 0 Å². The lowest BCUT2D eigenvalue weighted by molar-refractivity contribution is 0.575. The van der Waals surface area contributed by atoms with Crippen LogP contribution in [0.3, 0.4) is 0 Å². The summed E-state index contributed by atoms with van der Waals surface area (Å²) in [6.45, 7) is 0.470. The summed E-state index contributed by atoms with van der Waals surface area (Å²) >= 11 is 0. The van der Waals surface area contributed by atoms with Crippen LogP contribution >= 0.6 is 0 Å². The number of halogens is 2. The summed E-state index contributed by atoms with van der Waals surface area (Å²) < 4.78 is 37.1. The summed E-state index contributed by atoms with van der Waals surface area (Å²) in [4.78, 5) is 0. The molecule has 84 valence electrons. The largest absolute Gasteiger partial charge is 0.330 e. The fourth-order valence-electron chi connectivity index (χ4n) is 1.13. The summed E-state index contributed by atoms with van der Waals surface area (Å²) in [6.07, 6.45) is 0.648. The van der Waals surface area contributed by atoms with Gasteiger partial charge in [-0.25, -0.2) is 8.78 Å². The van der Waals surface area contributed by atoms with Crippen LogP contribution in [0.2, 0.25) is 0 Å². The third-order valence-electron chi connectivity index (χ3n) is 1.91. The van der Waals surface area contributed by atoms with E-state index in [0.717, 1.165) is 6.07 Å². The van der Waals surface area contributed by atoms with E-state index in [9.17, 15) is 13.0 Å².